The molecule has 0 fully saturated rings. The topological polar surface area (TPSA) is 67.4 Å². The monoisotopic (exact) mass is 475 g/mol. The minimum Gasteiger partial charge on any atom is -0.497 e. The molecule has 0 saturated heterocycles. The fourth-order valence-electron chi connectivity index (χ4n) is 4.38. The lowest BCUT2D eigenvalue weighted by atomic mass is 10.2. The quantitative estimate of drug-likeness (QED) is 0.379. The summed E-state index contributed by atoms with van der Waals surface area (Å²) < 4.78 is 15.3. The molecule has 2 heterocycles. The molecular formula is C26H22ClN3O4. The van der Waals surface area contributed by atoms with E-state index in [0.29, 0.717) is 33.2 Å². The van der Waals surface area contributed by atoms with E-state index in [1.165, 1.54) is 4.57 Å². The number of halogens is 1. The fraction of sp³-hybridized carbons (Fsp3) is 0.154. The number of nitrogens with zero attached hydrogens (tertiary/aromatic N) is 3. The van der Waals surface area contributed by atoms with Crippen LogP contribution in [0.15, 0.2) is 76.3 Å². The van der Waals surface area contributed by atoms with Crippen LogP contribution in [0.1, 0.15) is 5.56 Å². The summed E-state index contributed by atoms with van der Waals surface area (Å²) in [5.41, 5.74) is 2.25. The van der Waals surface area contributed by atoms with Crippen LogP contribution in [0.3, 0.4) is 0 Å². The largest absolute Gasteiger partial charge is 0.497 e. The van der Waals surface area contributed by atoms with Crippen LogP contribution in [-0.2, 0) is 13.6 Å². The summed E-state index contributed by atoms with van der Waals surface area (Å²) in [4.78, 5) is 27.6. The van der Waals surface area contributed by atoms with E-state index >= 15 is 0 Å². The van der Waals surface area contributed by atoms with Gasteiger partial charge in [-0.25, -0.2) is 9.36 Å². The third kappa shape index (κ3) is 3.45. The van der Waals surface area contributed by atoms with Crippen molar-refractivity contribution in [1.29, 1.82) is 0 Å². The lowest BCUT2D eigenvalue weighted by Crippen LogP contribution is -2.39. The number of hydrogen-bond acceptors (Lipinski definition) is 4. The van der Waals surface area contributed by atoms with E-state index in [9.17, 15) is 9.59 Å². The van der Waals surface area contributed by atoms with Crippen LogP contribution < -0.4 is 20.7 Å². The molecule has 0 atom stereocenters. The van der Waals surface area contributed by atoms with E-state index in [0.717, 1.165) is 16.5 Å². The standard InChI is InChI=1S/C26H22ClN3O4/c1-28-22-12-11-20(34-3)14-21(22)23-24(28)25(31)30(18-7-9-19(33-2)10-8-18)26(32)29(23)15-16-5-4-6-17(27)13-16/h4-14H,15H2,1-3H3. The number of rotatable bonds is 5. The second-order valence-electron chi connectivity index (χ2n) is 7.98. The number of aryl methyl sites for hydroxylation is 1. The van der Waals surface area contributed by atoms with Crippen LogP contribution in [0.4, 0.5) is 0 Å². The van der Waals surface area contributed by atoms with Gasteiger partial charge in [-0.1, -0.05) is 23.7 Å². The highest BCUT2D eigenvalue weighted by Gasteiger charge is 2.22. The van der Waals surface area contributed by atoms with Gasteiger partial charge in [-0.3, -0.25) is 9.36 Å². The van der Waals surface area contributed by atoms with Crippen LogP contribution in [0.5, 0.6) is 11.5 Å². The summed E-state index contributed by atoms with van der Waals surface area (Å²) in [5, 5.41) is 1.33. The zero-order valence-corrected chi connectivity index (χ0v) is 19.7. The van der Waals surface area contributed by atoms with Gasteiger partial charge in [0.05, 0.1) is 37.5 Å². The zero-order valence-electron chi connectivity index (χ0n) is 18.9. The Morgan fingerprint density at radius 3 is 2.24 bits per heavy atom. The van der Waals surface area contributed by atoms with E-state index in [2.05, 4.69) is 0 Å². The van der Waals surface area contributed by atoms with Crippen LogP contribution in [0.2, 0.25) is 5.02 Å². The molecule has 5 rings (SSSR count). The molecule has 8 heteroatoms. The highest BCUT2D eigenvalue weighted by molar-refractivity contribution is 6.30. The van der Waals surface area contributed by atoms with Crippen molar-refractivity contribution in [2.45, 2.75) is 6.54 Å². The Morgan fingerprint density at radius 1 is 0.853 bits per heavy atom. The van der Waals surface area contributed by atoms with Gasteiger partial charge in [-0.15, -0.1) is 0 Å². The van der Waals surface area contributed by atoms with Gasteiger partial charge in [0.1, 0.15) is 17.0 Å². The summed E-state index contributed by atoms with van der Waals surface area (Å²) >= 11 is 6.21. The Balaban J connectivity index is 1.91. The van der Waals surface area contributed by atoms with Crippen LogP contribution in [0.25, 0.3) is 27.6 Å². The maximum Gasteiger partial charge on any atom is 0.336 e. The van der Waals surface area contributed by atoms with Crippen molar-refractivity contribution in [2.75, 3.05) is 14.2 Å². The molecule has 2 aromatic heterocycles. The molecule has 0 amide bonds. The Labute approximate surface area is 200 Å². The minimum atomic E-state index is -0.446. The number of fused-ring (bicyclic) bond motifs is 3. The van der Waals surface area contributed by atoms with E-state index in [1.54, 1.807) is 49.1 Å². The average Bonchev–Trinajstić information content (AvgIpc) is 3.14. The molecular weight excluding hydrogens is 454 g/mol. The van der Waals surface area contributed by atoms with Crippen molar-refractivity contribution in [3.8, 4) is 17.2 Å². The van der Waals surface area contributed by atoms with Gasteiger partial charge in [0.15, 0.2) is 0 Å². The molecule has 0 N–H and O–H groups in total. The summed E-state index contributed by atoms with van der Waals surface area (Å²) in [6.07, 6.45) is 0. The Morgan fingerprint density at radius 2 is 1.56 bits per heavy atom. The van der Waals surface area contributed by atoms with Crippen molar-refractivity contribution < 1.29 is 9.47 Å². The molecule has 0 radical (unpaired) electrons. The molecule has 0 aliphatic rings. The second-order valence-corrected chi connectivity index (χ2v) is 8.41. The molecule has 0 bridgehead atoms. The summed E-state index contributed by atoms with van der Waals surface area (Å²) in [7, 11) is 4.97. The van der Waals surface area contributed by atoms with Gasteiger partial charge in [0, 0.05) is 17.5 Å². The van der Waals surface area contributed by atoms with Crippen molar-refractivity contribution in [1.82, 2.24) is 13.7 Å². The maximum atomic E-state index is 13.9. The maximum absolute atomic E-state index is 13.9. The van der Waals surface area contributed by atoms with Gasteiger partial charge in [-0.2, -0.15) is 0 Å². The highest BCUT2D eigenvalue weighted by Crippen LogP contribution is 2.29. The fourth-order valence-corrected chi connectivity index (χ4v) is 4.59. The normalized spacial score (nSPS) is 11.3. The molecule has 0 spiro atoms. The Hall–Kier alpha value is -3.97. The first kappa shape index (κ1) is 21.9. The summed E-state index contributed by atoms with van der Waals surface area (Å²) in [6, 6.07) is 19.7. The van der Waals surface area contributed by atoms with E-state index < -0.39 is 11.2 Å². The first-order valence-electron chi connectivity index (χ1n) is 10.6. The first-order chi connectivity index (χ1) is 16.4. The molecule has 7 nitrogen and oxygen atoms in total. The van der Waals surface area contributed by atoms with E-state index in [1.807, 2.05) is 48.0 Å². The average molecular weight is 476 g/mol. The predicted molar refractivity (Wildman–Crippen MR) is 134 cm³/mol. The molecule has 0 aliphatic carbocycles. The van der Waals surface area contributed by atoms with Crippen LogP contribution in [0, 0.1) is 0 Å². The number of ether oxygens (including phenoxy) is 2. The van der Waals surface area contributed by atoms with Crippen LogP contribution in [-0.4, -0.2) is 27.9 Å². The number of aromatic nitrogens is 3. The molecule has 3 aromatic carbocycles. The zero-order chi connectivity index (χ0) is 24.0. The Bertz CT molecular complexity index is 1660. The smallest absolute Gasteiger partial charge is 0.336 e. The number of methoxy groups -OCH3 is 2. The van der Waals surface area contributed by atoms with Crippen LogP contribution >= 0.6 is 11.6 Å². The number of hydrogen-bond donors (Lipinski definition) is 0. The van der Waals surface area contributed by atoms with Crippen molar-refractivity contribution >= 4 is 33.5 Å². The van der Waals surface area contributed by atoms with Gasteiger partial charge in [0.25, 0.3) is 5.56 Å². The number of benzene rings is 3. The van der Waals surface area contributed by atoms with Crippen molar-refractivity contribution in [3.05, 3.63) is 98.2 Å². The minimum absolute atomic E-state index is 0.239. The molecule has 5 aromatic rings. The van der Waals surface area contributed by atoms with Crippen molar-refractivity contribution in [3.63, 3.8) is 0 Å². The SMILES string of the molecule is COc1ccc(-n2c(=O)c3c(c4cc(OC)ccc4n3C)n(Cc3cccc(Cl)c3)c2=O)cc1. The van der Waals surface area contributed by atoms with E-state index in [4.69, 9.17) is 21.1 Å². The molecule has 0 unspecified atom stereocenters. The molecule has 0 aliphatic heterocycles. The third-order valence-electron chi connectivity index (χ3n) is 6.04. The van der Waals surface area contributed by atoms with Gasteiger partial charge < -0.3 is 14.0 Å². The van der Waals surface area contributed by atoms with Crippen molar-refractivity contribution in [2.24, 2.45) is 7.05 Å². The second kappa shape index (κ2) is 8.43. The molecule has 0 saturated carbocycles. The lowest BCUT2D eigenvalue weighted by molar-refractivity contribution is 0.414. The summed E-state index contributed by atoms with van der Waals surface area (Å²) in [6.45, 7) is 0.239. The third-order valence-corrected chi connectivity index (χ3v) is 6.27. The first-order valence-corrected chi connectivity index (χ1v) is 11.0. The summed E-state index contributed by atoms with van der Waals surface area (Å²) in [5.74, 6) is 1.27. The highest BCUT2D eigenvalue weighted by atomic mass is 35.5. The van der Waals surface area contributed by atoms with Gasteiger partial charge >= 0.3 is 5.69 Å². The Kier molecular flexibility index (Phi) is 5.42. The van der Waals surface area contributed by atoms with Gasteiger partial charge in [-0.05, 0) is 60.2 Å². The lowest BCUT2D eigenvalue weighted by Gasteiger charge is -2.14. The van der Waals surface area contributed by atoms with E-state index in [-0.39, 0.29) is 6.54 Å². The predicted octanol–water partition coefficient (Wildman–Crippen LogP) is 4.36. The molecule has 34 heavy (non-hydrogen) atoms. The molecule has 172 valence electrons. The van der Waals surface area contributed by atoms with Gasteiger partial charge in [0.2, 0.25) is 0 Å².